The molecule has 0 heterocycles. The molecule has 0 amide bonds. The molecule has 0 bridgehead atoms. The summed E-state index contributed by atoms with van der Waals surface area (Å²) in [7, 11) is 1.43. The summed E-state index contributed by atoms with van der Waals surface area (Å²) in [5.74, 6) is 0.839. The van der Waals surface area contributed by atoms with Crippen molar-refractivity contribution in [3.8, 4) is 0 Å². The molecule has 0 aliphatic heterocycles. The predicted molar refractivity (Wildman–Crippen MR) is 61.9 cm³/mol. The topological polar surface area (TPSA) is 46.5 Å². The van der Waals surface area contributed by atoms with Crippen LogP contribution in [0.15, 0.2) is 0 Å². The van der Waals surface area contributed by atoms with Crippen molar-refractivity contribution in [3.05, 3.63) is 0 Å². The lowest BCUT2D eigenvalue weighted by molar-refractivity contribution is -0.141. The Balaban J connectivity index is 2.28. The van der Waals surface area contributed by atoms with Crippen molar-refractivity contribution >= 4 is 17.7 Å². The molecule has 0 aromatic carbocycles. The van der Waals surface area contributed by atoms with Gasteiger partial charge in [-0.2, -0.15) is 11.8 Å². The maximum atomic E-state index is 11.2. The van der Waals surface area contributed by atoms with Crippen molar-refractivity contribution < 1.29 is 14.6 Å². The van der Waals surface area contributed by atoms with Gasteiger partial charge in [-0.25, -0.2) is 0 Å². The van der Waals surface area contributed by atoms with Gasteiger partial charge in [0.05, 0.1) is 19.6 Å². The van der Waals surface area contributed by atoms with Crippen LogP contribution in [0.25, 0.3) is 0 Å². The Morgan fingerprint density at radius 3 is 2.53 bits per heavy atom. The highest BCUT2D eigenvalue weighted by molar-refractivity contribution is 7.99. The Bertz CT molecular complexity index is 224. The van der Waals surface area contributed by atoms with Crippen molar-refractivity contribution in [1.29, 1.82) is 0 Å². The first-order valence-electron chi connectivity index (χ1n) is 5.35. The van der Waals surface area contributed by atoms with Crippen LogP contribution in [-0.4, -0.2) is 35.3 Å². The first-order valence-corrected chi connectivity index (χ1v) is 6.40. The van der Waals surface area contributed by atoms with Gasteiger partial charge in [0.2, 0.25) is 0 Å². The van der Waals surface area contributed by atoms with Crippen LogP contribution in [-0.2, 0) is 9.53 Å². The smallest absolute Gasteiger partial charge is 0.306 e. The molecule has 1 aliphatic rings. The zero-order valence-electron chi connectivity index (χ0n) is 9.66. The van der Waals surface area contributed by atoms with E-state index in [1.165, 1.54) is 7.11 Å². The summed E-state index contributed by atoms with van der Waals surface area (Å²) < 4.78 is 4.68. The zero-order valence-corrected chi connectivity index (χ0v) is 10.5. The van der Waals surface area contributed by atoms with Gasteiger partial charge in [-0.05, 0) is 30.9 Å². The van der Waals surface area contributed by atoms with E-state index in [9.17, 15) is 9.90 Å². The second-order valence-corrected chi connectivity index (χ2v) is 5.88. The summed E-state index contributed by atoms with van der Waals surface area (Å²) in [5.41, 5.74) is 0.168. The van der Waals surface area contributed by atoms with Crippen molar-refractivity contribution in [2.75, 3.05) is 12.9 Å². The minimum absolute atomic E-state index is 0.113. The summed E-state index contributed by atoms with van der Waals surface area (Å²) in [6.07, 6.45) is 2.47. The quantitative estimate of drug-likeness (QED) is 0.710. The summed E-state index contributed by atoms with van der Waals surface area (Å²) in [6, 6.07) is 0. The van der Waals surface area contributed by atoms with E-state index in [1.807, 2.05) is 6.92 Å². The van der Waals surface area contributed by atoms with Gasteiger partial charge in [-0.15, -0.1) is 0 Å². The van der Waals surface area contributed by atoms with E-state index in [2.05, 4.69) is 4.74 Å². The molecule has 3 nitrogen and oxygen atoms in total. The van der Waals surface area contributed by atoms with Crippen LogP contribution in [0.1, 0.15) is 33.1 Å². The first-order chi connectivity index (χ1) is 6.99. The fourth-order valence-corrected chi connectivity index (χ4v) is 2.66. The van der Waals surface area contributed by atoms with E-state index in [4.69, 9.17) is 0 Å². The van der Waals surface area contributed by atoms with Gasteiger partial charge in [0.15, 0.2) is 0 Å². The van der Waals surface area contributed by atoms with Crippen LogP contribution >= 0.6 is 11.8 Å². The van der Waals surface area contributed by atoms with E-state index in [-0.39, 0.29) is 22.7 Å². The second kappa shape index (κ2) is 5.21. The molecule has 1 N–H and O–H groups in total. The zero-order chi connectivity index (χ0) is 11.5. The van der Waals surface area contributed by atoms with E-state index in [1.54, 1.807) is 18.7 Å². The molecule has 2 unspecified atom stereocenters. The highest BCUT2D eigenvalue weighted by atomic mass is 32.2. The highest BCUT2D eigenvalue weighted by Crippen LogP contribution is 2.51. The second-order valence-electron chi connectivity index (χ2n) is 4.51. The third-order valence-electron chi connectivity index (χ3n) is 3.04. The molecule has 1 aliphatic carbocycles. The number of esters is 1. The Kier molecular flexibility index (Phi) is 4.46. The molecule has 15 heavy (non-hydrogen) atoms. The maximum absolute atomic E-state index is 11.2. The number of ether oxygens (including phenoxy) is 1. The van der Waals surface area contributed by atoms with Gasteiger partial charge in [-0.3, -0.25) is 4.79 Å². The molecule has 0 saturated heterocycles. The summed E-state index contributed by atoms with van der Waals surface area (Å²) in [5, 5.41) is 9.59. The minimum atomic E-state index is -0.288. The number of thioether (sulfide) groups is 1. The van der Waals surface area contributed by atoms with Gasteiger partial charge in [0, 0.05) is 5.25 Å². The lowest BCUT2D eigenvalue weighted by atomic mass is 10.1. The molecule has 0 aromatic rings. The van der Waals surface area contributed by atoms with Crippen LogP contribution in [0.4, 0.5) is 0 Å². The Morgan fingerprint density at radius 1 is 1.53 bits per heavy atom. The highest BCUT2D eigenvalue weighted by Gasteiger charge is 2.44. The predicted octanol–water partition coefficient (Wildman–Crippen LogP) is 1.83. The largest absolute Gasteiger partial charge is 0.469 e. The Labute approximate surface area is 95.6 Å². The first kappa shape index (κ1) is 12.8. The Hall–Kier alpha value is -0.220. The van der Waals surface area contributed by atoms with Crippen molar-refractivity contribution in [3.63, 3.8) is 0 Å². The average Bonchev–Trinajstić information content (AvgIpc) is 2.94. The van der Waals surface area contributed by atoms with Crippen LogP contribution in [0.3, 0.4) is 0 Å². The van der Waals surface area contributed by atoms with Gasteiger partial charge in [0.25, 0.3) is 0 Å². The number of aliphatic hydroxyl groups excluding tert-OH is 1. The number of carbonyl (C=O) groups excluding carboxylic acids is 1. The molecule has 0 spiro atoms. The average molecular weight is 232 g/mol. The van der Waals surface area contributed by atoms with Crippen molar-refractivity contribution in [1.82, 2.24) is 0 Å². The van der Waals surface area contributed by atoms with Crippen LogP contribution in [0.2, 0.25) is 0 Å². The van der Waals surface area contributed by atoms with Crippen molar-refractivity contribution in [2.45, 2.75) is 44.5 Å². The van der Waals surface area contributed by atoms with E-state index < -0.39 is 0 Å². The Morgan fingerprint density at radius 2 is 2.13 bits per heavy atom. The van der Waals surface area contributed by atoms with Gasteiger partial charge in [0.1, 0.15) is 0 Å². The molecule has 88 valence electrons. The number of carbonyl (C=O) groups is 1. The lowest BCUT2D eigenvalue weighted by Crippen LogP contribution is -2.19. The molecule has 1 fully saturated rings. The van der Waals surface area contributed by atoms with Gasteiger partial charge >= 0.3 is 5.97 Å². The number of aliphatic hydroxyl groups is 1. The van der Waals surface area contributed by atoms with Gasteiger partial charge < -0.3 is 9.84 Å². The van der Waals surface area contributed by atoms with E-state index >= 15 is 0 Å². The minimum Gasteiger partial charge on any atom is -0.469 e. The fourth-order valence-electron chi connectivity index (χ4n) is 1.37. The molecular weight excluding hydrogens is 212 g/mol. The molecular formula is C11H20O3S. The number of hydrogen-bond donors (Lipinski definition) is 1. The molecule has 1 saturated carbocycles. The summed E-state index contributed by atoms with van der Waals surface area (Å²) in [6.45, 7) is 3.82. The van der Waals surface area contributed by atoms with Gasteiger partial charge in [-0.1, -0.05) is 6.92 Å². The van der Waals surface area contributed by atoms with Crippen LogP contribution < -0.4 is 0 Å². The molecule has 2 atom stereocenters. The standard InChI is InChI=1S/C11H20O3S/c1-8(12)9(2)15-7-11(4-5-11)6-10(13)14-3/h8-9,12H,4-7H2,1-3H3. The third-order valence-corrected chi connectivity index (χ3v) is 4.73. The van der Waals surface area contributed by atoms with Crippen LogP contribution in [0, 0.1) is 5.41 Å². The molecule has 4 heteroatoms. The summed E-state index contributed by atoms with van der Waals surface area (Å²) in [4.78, 5) is 11.2. The summed E-state index contributed by atoms with van der Waals surface area (Å²) >= 11 is 1.75. The van der Waals surface area contributed by atoms with E-state index in [0.717, 1.165) is 18.6 Å². The SMILES string of the molecule is COC(=O)CC1(CSC(C)C(C)O)CC1. The monoisotopic (exact) mass is 232 g/mol. The van der Waals surface area contributed by atoms with E-state index in [0.29, 0.717) is 6.42 Å². The number of methoxy groups -OCH3 is 1. The number of hydrogen-bond acceptors (Lipinski definition) is 4. The molecule has 1 rings (SSSR count). The fraction of sp³-hybridized carbons (Fsp3) is 0.909. The third kappa shape index (κ3) is 4.03. The molecule has 0 radical (unpaired) electrons. The maximum Gasteiger partial charge on any atom is 0.306 e. The van der Waals surface area contributed by atoms with Crippen molar-refractivity contribution in [2.24, 2.45) is 5.41 Å². The lowest BCUT2D eigenvalue weighted by Gasteiger charge is -2.18. The number of rotatable bonds is 6. The normalized spacial score (nSPS) is 21.9. The molecule has 0 aromatic heterocycles. The van der Waals surface area contributed by atoms with Crippen LogP contribution in [0.5, 0.6) is 0 Å².